The van der Waals surface area contributed by atoms with Crippen LogP contribution in [-0.2, 0) is 37.2 Å². The van der Waals surface area contributed by atoms with Crippen LogP contribution in [0.15, 0.2) is 59.5 Å². The smallest absolute Gasteiger partial charge is 0.407 e. The maximum absolute atomic E-state index is 13.7. The molecule has 2 aromatic carbocycles. The molecule has 4 rings (SSSR count). The minimum Gasteiger partial charge on any atom is -0.443 e. The molecule has 2 heterocycles. The second-order valence-electron chi connectivity index (χ2n) is 10.9. The lowest BCUT2D eigenvalue weighted by molar-refractivity contribution is -0.0907. The van der Waals surface area contributed by atoms with E-state index in [9.17, 15) is 18.3 Å². The normalized spacial score (nSPS) is 22.3. The molecule has 2 unspecified atom stereocenters. The number of aliphatic hydroxyl groups excluding tert-OH is 1. The van der Waals surface area contributed by atoms with Crippen molar-refractivity contribution in [3.8, 4) is 0 Å². The lowest BCUT2D eigenvalue weighted by Crippen LogP contribution is -2.51. The van der Waals surface area contributed by atoms with Gasteiger partial charge < -0.3 is 30.0 Å². The van der Waals surface area contributed by atoms with E-state index < -0.39 is 34.4 Å². The average molecular weight is 576 g/mol. The van der Waals surface area contributed by atoms with Crippen LogP contribution in [0.1, 0.15) is 31.4 Å². The van der Waals surface area contributed by atoms with Crippen LogP contribution in [0.2, 0.25) is 0 Å². The molecule has 2 aromatic rings. The largest absolute Gasteiger partial charge is 0.443 e. The van der Waals surface area contributed by atoms with Crippen molar-refractivity contribution in [3.63, 3.8) is 0 Å². The summed E-state index contributed by atoms with van der Waals surface area (Å²) < 4.78 is 45.4. The van der Waals surface area contributed by atoms with Crippen LogP contribution >= 0.6 is 0 Å². The van der Waals surface area contributed by atoms with Crippen molar-refractivity contribution in [1.82, 2.24) is 14.9 Å². The van der Waals surface area contributed by atoms with E-state index in [1.54, 1.807) is 24.3 Å². The first-order chi connectivity index (χ1) is 19.2. The Labute approximate surface area is 237 Å². The van der Waals surface area contributed by atoms with Crippen molar-refractivity contribution < 1.29 is 32.5 Å². The van der Waals surface area contributed by atoms with E-state index in [1.807, 2.05) is 51.2 Å². The highest BCUT2D eigenvalue weighted by Crippen LogP contribution is 2.33. The summed E-state index contributed by atoms with van der Waals surface area (Å²) in [6.45, 7) is 5.30. The maximum atomic E-state index is 13.7. The number of fused-ring (bicyclic) bond motifs is 1. The van der Waals surface area contributed by atoms with E-state index in [0.717, 1.165) is 17.5 Å². The van der Waals surface area contributed by atoms with E-state index in [2.05, 4.69) is 10.6 Å². The van der Waals surface area contributed by atoms with E-state index >= 15 is 0 Å². The molecule has 2 saturated heterocycles. The lowest BCUT2D eigenvalue weighted by atomic mass is 10.0. The molecule has 2 aliphatic rings. The van der Waals surface area contributed by atoms with Gasteiger partial charge in [-0.3, -0.25) is 0 Å². The van der Waals surface area contributed by atoms with Crippen LogP contribution in [0, 0.1) is 11.8 Å². The zero-order chi connectivity index (χ0) is 28.7. The number of aliphatic hydroxyl groups is 1. The highest BCUT2D eigenvalue weighted by atomic mass is 32.2. The van der Waals surface area contributed by atoms with Crippen molar-refractivity contribution in [1.29, 1.82) is 0 Å². The van der Waals surface area contributed by atoms with Gasteiger partial charge in [0.15, 0.2) is 6.29 Å². The van der Waals surface area contributed by atoms with Crippen LogP contribution in [0.3, 0.4) is 0 Å². The summed E-state index contributed by atoms with van der Waals surface area (Å²) in [5.41, 5.74) is 1.85. The van der Waals surface area contributed by atoms with Crippen molar-refractivity contribution >= 4 is 16.1 Å². The van der Waals surface area contributed by atoms with Crippen molar-refractivity contribution in [2.45, 2.75) is 62.7 Å². The molecular weight excluding hydrogens is 534 g/mol. The molecule has 0 radical (unpaired) electrons. The molecule has 1 amide bonds. The zero-order valence-electron chi connectivity index (χ0n) is 23.4. The molecule has 0 aromatic heterocycles. The van der Waals surface area contributed by atoms with E-state index in [-0.39, 0.29) is 42.7 Å². The third-order valence-corrected chi connectivity index (χ3v) is 9.06. The van der Waals surface area contributed by atoms with Crippen LogP contribution < -0.4 is 10.6 Å². The molecule has 220 valence electrons. The monoisotopic (exact) mass is 575 g/mol. The van der Waals surface area contributed by atoms with Gasteiger partial charge in [-0.2, -0.15) is 4.31 Å². The van der Waals surface area contributed by atoms with Gasteiger partial charge in [0.1, 0.15) is 6.10 Å². The van der Waals surface area contributed by atoms with Gasteiger partial charge >= 0.3 is 6.09 Å². The number of benzene rings is 2. The predicted octanol–water partition coefficient (Wildman–Crippen LogP) is 2.51. The van der Waals surface area contributed by atoms with Crippen molar-refractivity contribution in [2.24, 2.45) is 11.8 Å². The molecule has 2 aliphatic heterocycles. The first-order valence-electron chi connectivity index (χ1n) is 13.8. The zero-order valence-corrected chi connectivity index (χ0v) is 24.2. The van der Waals surface area contributed by atoms with Gasteiger partial charge in [-0.15, -0.1) is 0 Å². The number of hydrogen-bond acceptors (Lipinski definition) is 8. The molecule has 5 atom stereocenters. The summed E-state index contributed by atoms with van der Waals surface area (Å²) >= 11 is 0. The van der Waals surface area contributed by atoms with Crippen molar-refractivity contribution in [3.05, 3.63) is 65.7 Å². The Morgan fingerprint density at radius 1 is 1.07 bits per heavy atom. The first kappa shape index (κ1) is 30.4. The number of rotatable bonds is 13. The summed E-state index contributed by atoms with van der Waals surface area (Å²) in [7, 11) is -2.08. The third kappa shape index (κ3) is 7.80. The summed E-state index contributed by atoms with van der Waals surface area (Å²) in [6.07, 6.45) is -1.64. The number of alkyl carbamates (subject to hydrolysis) is 1. The Morgan fingerprint density at radius 2 is 1.80 bits per heavy atom. The number of ether oxygens (including phenoxy) is 3. The Balaban J connectivity index is 1.50. The number of nitrogens with zero attached hydrogens (tertiary/aromatic N) is 1. The standard InChI is InChI=1S/C29H41N3O7S/c1-20(2)17-32(40(35,36)23-11-9-22(10-12-23)16-30-3)18-26(33)25(15-21-7-5-4-6-8-21)31-29(34)39-27-19-38-28-24(27)13-14-37-28/h4-12,20,24-28,30,33H,13-19H2,1-3H3,(H,31,34)/t24?,25-,26+,27?,28+/m0/s1. The van der Waals surface area contributed by atoms with E-state index in [1.165, 1.54) is 4.31 Å². The molecule has 0 bridgehead atoms. The fourth-order valence-corrected chi connectivity index (χ4v) is 6.79. The predicted molar refractivity (Wildman–Crippen MR) is 150 cm³/mol. The Hall–Kier alpha value is -2.54. The Kier molecular flexibility index (Phi) is 10.6. The van der Waals surface area contributed by atoms with Gasteiger partial charge in [0.05, 0.1) is 36.2 Å². The minimum absolute atomic E-state index is 0.0139. The summed E-state index contributed by atoms with van der Waals surface area (Å²) in [5.74, 6) is -0.00519. The fraction of sp³-hybridized carbons (Fsp3) is 0.552. The van der Waals surface area contributed by atoms with Gasteiger partial charge in [0.25, 0.3) is 0 Å². The average Bonchev–Trinajstić information content (AvgIpc) is 3.54. The van der Waals surface area contributed by atoms with E-state index in [0.29, 0.717) is 19.6 Å². The molecule has 0 spiro atoms. The highest BCUT2D eigenvalue weighted by molar-refractivity contribution is 7.89. The molecule has 3 N–H and O–H groups in total. The maximum Gasteiger partial charge on any atom is 0.407 e. The van der Waals surface area contributed by atoms with E-state index in [4.69, 9.17) is 14.2 Å². The number of sulfonamides is 1. The van der Waals surface area contributed by atoms with Gasteiger partial charge in [-0.1, -0.05) is 56.3 Å². The van der Waals surface area contributed by atoms with Crippen LogP contribution in [0.4, 0.5) is 4.79 Å². The van der Waals surface area contributed by atoms with Gasteiger partial charge in [-0.25, -0.2) is 13.2 Å². The number of carbonyl (C=O) groups is 1. The summed E-state index contributed by atoms with van der Waals surface area (Å²) in [4.78, 5) is 13.1. The van der Waals surface area contributed by atoms with Crippen LogP contribution in [0.5, 0.6) is 0 Å². The topological polar surface area (TPSA) is 126 Å². The van der Waals surface area contributed by atoms with Gasteiger partial charge in [0.2, 0.25) is 10.0 Å². The molecule has 0 saturated carbocycles. The van der Waals surface area contributed by atoms with Crippen LogP contribution in [0.25, 0.3) is 0 Å². The number of amides is 1. The molecule has 0 aliphatic carbocycles. The lowest BCUT2D eigenvalue weighted by Gasteiger charge is -2.31. The quantitative estimate of drug-likeness (QED) is 0.333. The molecule has 11 heteroatoms. The molecule has 2 fully saturated rings. The highest BCUT2D eigenvalue weighted by Gasteiger charge is 2.44. The van der Waals surface area contributed by atoms with Gasteiger partial charge in [-0.05, 0) is 49.1 Å². The second kappa shape index (κ2) is 13.9. The SMILES string of the molecule is CNCc1ccc(S(=O)(=O)N(CC(C)C)C[C@@H](O)[C@H](Cc2ccccc2)NC(=O)OC2CO[C@H]3OCCC23)cc1. The second-order valence-corrected chi connectivity index (χ2v) is 12.8. The minimum atomic E-state index is -3.91. The number of hydrogen-bond donors (Lipinski definition) is 3. The summed E-state index contributed by atoms with van der Waals surface area (Å²) in [5, 5.41) is 17.3. The Morgan fingerprint density at radius 3 is 2.48 bits per heavy atom. The molecule has 40 heavy (non-hydrogen) atoms. The Bertz CT molecular complexity index is 1190. The van der Waals surface area contributed by atoms with Gasteiger partial charge in [0, 0.05) is 19.6 Å². The fourth-order valence-electron chi connectivity index (χ4n) is 5.17. The molecular formula is C29H41N3O7S. The first-order valence-corrected chi connectivity index (χ1v) is 15.3. The number of carbonyl (C=O) groups excluding carboxylic acids is 1. The third-order valence-electron chi connectivity index (χ3n) is 7.21. The molecule has 10 nitrogen and oxygen atoms in total. The van der Waals surface area contributed by atoms with Crippen molar-refractivity contribution in [2.75, 3.05) is 33.4 Å². The number of nitrogens with one attached hydrogen (secondary N) is 2. The summed E-state index contributed by atoms with van der Waals surface area (Å²) in [6, 6.07) is 15.4. The van der Waals surface area contributed by atoms with Crippen LogP contribution in [-0.4, -0.2) is 81.8 Å².